The Labute approximate surface area is 204 Å². The molecule has 1 saturated carbocycles. The second kappa shape index (κ2) is 8.88. The number of aliphatic carboxylic acids is 1. The Balaban J connectivity index is 1.95. The third-order valence-electron chi connectivity index (χ3n) is 5.65. The van der Waals surface area contributed by atoms with Crippen LogP contribution in [-0.4, -0.2) is 57.8 Å². The Morgan fingerprint density at radius 3 is 2.47 bits per heavy atom. The highest BCUT2D eigenvalue weighted by molar-refractivity contribution is 7.89. The van der Waals surface area contributed by atoms with Crippen LogP contribution >= 0.6 is 11.3 Å². The third kappa shape index (κ3) is 4.99. The van der Waals surface area contributed by atoms with E-state index >= 15 is 0 Å². The maximum absolute atomic E-state index is 13.4. The predicted octanol–water partition coefficient (Wildman–Crippen LogP) is 3.47. The minimum Gasteiger partial charge on any atom is -0.481 e. The zero-order valence-corrected chi connectivity index (χ0v) is 20.2. The van der Waals surface area contributed by atoms with E-state index in [0.29, 0.717) is 24.2 Å². The number of imidazole rings is 1. The Kier molecular flexibility index (Phi) is 6.45. The number of rotatable bonds is 9. The van der Waals surface area contributed by atoms with Crippen molar-refractivity contribution in [1.29, 1.82) is 0 Å². The Hall–Kier alpha value is -2.92. The fraction of sp³-hybridized carbons (Fsp3) is 0.474. The average molecular weight is 555 g/mol. The SMILES string of the molecule is CNc1cc(S(=O)(=O)NC2(C)CC2)cn2c(-c3nnc(C(F)F)s3)nc(CC(C(=O)O)C(F)(F)F)c12. The maximum atomic E-state index is 13.4. The molecule has 1 unspecified atom stereocenters. The Morgan fingerprint density at radius 2 is 1.97 bits per heavy atom. The van der Waals surface area contributed by atoms with E-state index in [4.69, 9.17) is 5.11 Å². The number of carbonyl (C=O) groups is 1. The van der Waals surface area contributed by atoms with E-state index in [2.05, 4.69) is 25.2 Å². The van der Waals surface area contributed by atoms with Gasteiger partial charge in [0.25, 0.3) is 6.43 Å². The highest BCUT2D eigenvalue weighted by Gasteiger charge is 2.46. The molecule has 0 spiro atoms. The molecule has 1 fully saturated rings. The molecule has 1 aliphatic rings. The van der Waals surface area contributed by atoms with E-state index in [0.717, 1.165) is 10.6 Å². The molecule has 3 aromatic heterocycles. The van der Waals surface area contributed by atoms with Gasteiger partial charge in [-0.05, 0) is 25.8 Å². The van der Waals surface area contributed by atoms with Crippen LogP contribution in [0.1, 0.15) is 36.9 Å². The molecule has 0 radical (unpaired) electrons. The number of pyridine rings is 1. The van der Waals surface area contributed by atoms with Crippen molar-refractivity contribution in [2.24, 2.45) is 5.92 Å². The molecule has 3 aromatic rings. The third-order valence-corrected chi connectivity index (χ3v) is 8.18. The number of carboxylic acid groups (broad SMARTS) is 1. The summed E-state index contributed by atoms with van der Waals surface area (Å²) < 4.78 is 96.2. The summed E-state index contributed by atoms with van der Waals surface area (Å²) in [4.78, 5) is 15.2. The average Bonchev–Trinajstić information content (AvgIpc) is 3.16. The van der Waals surface area contributed by atoms with E-state index in [1.807, 2.05) is 0 Å². The van der Waals surface area contributed by atoms with E-state index < -0.39 is 51.5 Å². The van der Waals surface area contributed by atoms with Gasteiger partial charge in [0, 0.05) is 25.2 Å². The number of alkyl halides is 5. The molecule has 1 aliphatic carbocycles. The molecule has 0 aromatic carbocycles. The summed E-state index contributed by atoms with van der Waals surface area (Å²) in [5.74, 6) is -5.21. The van der Waals surface area contributed by atoms with Gasteiger partial charge in [-0.25, -0.2) is 26.9 Å². The van der Waals surface area contributed by atoms with Crippen LogP contribution < -0.4 is 10.0 Å². The summed E-state index contributed by atoms with van der Waals surface area (Å²) in [6.45, 7) is 1.71. The van der Waals surface area contributed by atoms with Crippen LogP contribution in [0.3, 0.4) is 0 Å². The fourth-order valence-electron chi connectivity index (χ4n) is 3.52. The molecule has 196 valence electrons. The molecular weight excluding hydrogens is 535 g/mol. The van der Waals surface area contributed by atoms with Crippen molar-refractivity contribution in [3.63, 3.8) is 0 Å². The summed E-state index contributed by atoms with van der Waals surface area (Å²) in [7, 11) is -2.72. The van der Waals surface area contributed by atoms with Gasteiger partial charge in [-0.2, -0.15) is 13.2 Å². The number of carboxylic acids is 1. The molecule has 3 heterocycles. The minimum atomic E-state index is -5.11. The predicted molar refractivity (Wildman–Crippen MR) is 117 cm³/mol. The van der Waals surface area contributed by atoms with Gasteiger partial charge in [-0.15, -0.1) is 10.2 Å². The second-order valence-electron chi connectivity index (χ2n) is 8.49. The van der Waals surface area contributed by atoms with Crippen LogP contribution in [0, 0.1) is 5.92 Å². The van der Waals surface area contributed by atoms with Crippen LogP contribution in [0.5, 0.6) is 0 Å². The lowest BCUT2D eigenvalue weighted by molar-refractivity contribution is -0.193. The van der Waals surface area contributed by atoms with Crippen molar-refractivity contribution < 1.29 is 40.3 Å². The number of nitrogens with zero attached hydrogens (tertiary/aromatic N) is 4. The normalized spacial score (nSPS) is 16.4. The number of fused-ring (bicyclic) bond motifs is 1. The number of anilines is 1. The zero-order chi connectivity index (χ0) is 26.6. The smallest absolute Gasteiger partial charge is 0.402 e. The van der Waals surface area contributed by atoms with Gasteiger partial charge in [0.2, 0.25) is 10.0 Å². The molecule has 1 atom stereocenters. The van der Waals surface area contributed by atoms with Crippen molar-refractivity contribution >= 4 is 38.5 Å². The Bertz CT molecular complexity index is 1430. The standard InChI is InChI=1S/C19H19F5N6O4S2/c1-18(3-4-18)29-36(33,34)8-5-10(25-2)12-11(6-9(17(31)32)19(22,23)24)26-14(30(12)7-8)16-28-27-15(35-16)13(20)21/h5,7,9,13,25,29H,3-4,6H2,1-2H3,(H,31,32). The Morgan fingerprint density at radius 1 is 1.31 bits per heavy atom. The first kappa shape index (κ1) is 26.2. The van der Waals surface area contributed by atoms with Crippen molar-refractivity contribution in [3.8, 4) is 10.8 Å². The van der Waals surface area contributed by atoms with E-state index in [-0.39, 0.29) is 32.6 Å². The van der Waals surface area contributed by atoms with Crippen LogP contribution in [0.4, 0.5) is 27.6 Å². The molecule has 4 rings (SSSR count). The second-order valence-corrected chi connectivity index (χ2v) is 11.2. The first-order valence-corrected chi connectivity index (χ1v) is 12.6. The van der Waals surface area contributed by atoms with E-state index in [1.165, 1.54) is 13.1 Å². The van der Waals surface area contributed by atoms with Crippen molar-refractivity contribution in [3.05, 3.63) is 23.0 Å². The number of sulfonamides is 1. The number of hydrogen-bond acceptors (Lipinski definition) is 8. The van der Waals surface area contributed by atoms with E-state index in [9.17, 15) is 35.2 Å². The fourth-order valence-corrected chi connectivity index (χ4v) is 5.69. The minimum absolute atomic E-state index is 0.0255. The number of nitrogens with one attached hydrogen (secondary N) is 2. The monoisotopic (exact) mass is 554 g/mol. The lowest BCUT2D eigenvalue weighted by atomic mass is 10.0. The first-order chi connectivity index (χ1) is 16.6. The topological polar surface area (TPSA) is 139 Å². The molecule has 17 heteroatoms. The lowest BCUT2D eigenvalue weighted by Crippen LogP contribution is -2.34. The number of halogens is 5. The van der Waals surface area contributed by atoms with Gasteiger partial charge in [0.05, 0.1) is 16.9 Å². The summed E-state index contributed by atoms with van der Waals surface area (Å²) in [5.41, 5.74) is -1.02. The van der Waals surface area contributed by atoms with Crippen LogP contribution in [0.2, 0.25) is 0 Å². The van der Waals surface area contributed by atoms with Crippen LogP contribution in [0.15, 0.2) is 17.2 Å². The first-order valence-electron chi connectivity index (χ1n) is 10.3. The highest BCUT2D eigenvalue weighted by atomic mass is 32.2. The van der Waals surface area contributed by atoms with Gasteiger partial charge < -0.3 is 10.4 Å². The lowest BCUT2D eigenvalue weighted by Gasteiger charge is -2.16. The van der Waals surface area contributed by atoms with Crippen LogP contribution in [-0.2, 0) is 21.2 Å². The van der Waals surface area contributed by atoms with E-state index in [1.54, 1.807) is 6.92 Å². The van der Waals surface area contributed by atoms with Crippen molar-refractivity contribution in [1.82, 2.24) is 24.3 Å². The molecule has 0 bridgehead atoms. The molecular formula is C19H19F5N6O4S2. The van der Waals surface area contributed by atoms with Gasteiger partial charge >= 0.3 is 12.1 Å². The van der Waals surface area contributed by atoms with Crippen molar-refractivity contribution in [2.45, 2.75) is 49.2 Å². The van der Waals surface area contributed by atoms with Gasteiger partial charge in [-0.1, -0.05) is 11.3 Å². The quantitative estimate of drug-likeness (QED) is 0.342. The summed E-state index contributed by atoms with van der Waals surface area (Å²) in [5, 5.41) is 17.9. The summed E-state index contributed by atoms with van der Waals surface area (Å²) >= 11 is 0.420. The molecule has 10 nitrogen and oxygen atoms in total. The summed E-state index contributed by atoms with van der Waals surface area (Å²) in [6, 6.07) is 1.17. The van der Waals surface area contributed by atoms with Crippen molar-refractivity contribution in [2.75, 3.05) is 12.4 Å². The number of hydrogen-bond donors (Lipinski definition) is 3. The van der Waals surface area contributed by atoms with Gasteiger partial charge in [0.1, 0.15) is 4.90 Å². The number of aromatic nitrogens is 4. The van der Waals surface area contributed by atoms with Gasteiger partial charge in [0.15, 0.2) is 21.8 Å². The summed E-state index contributed by atoms with van der Waals surface area (Å²) in [6.07, 6.45) is -6.88. The molecule has 0 amide bonds. The molecule has 36 heavy (non-hydrogen) atoms. The zero-order valence-electron chi connectivity index (χ0n) is 18.6. The van der Waals surface area contributed by atoms with Crippen LogP contribution in [0.25, 0.3) is 16.3 Å². The molecule has 0 aliphatic heterocycles. The molecule has 3 N–H and O–H groups in total. The highest BCUT2D eigenvalue weighted by Crippen LogP contribution is 2.39. The maximum Gasteiger partial charge on any atom is 0.402 e. The van der Waals surface area contributed by atoms with Gasteiger partial charge in [-0.3, -0.25) is 9.20 Å². The molecule has 0 saturated heterocycles. The largest absolute Gasteiger partial charge is 0.481 e.